The summed E-state index contributed by atoms with van der Waals surface area (Å²) in [6, 6.07) is 0. The van der Waals surface area contributed by atoms with Crippen molar-refractivity contribution in [2.75, 3.05) is 6.54 Å². The molecule has 18 heavy (non-hydrogen) atoms. The van der Waals surface area contributed by atoms with Gasteiger partial charge in [-0.05, 0) is 12.8 Å². The van der Waals surface area contributed by atoms with Gasteiger partial charge in [-0.25, -0.2) is 8.42 Å². The van der Waals surface area contributed by atoms with Crippen LogP contribution in [0.4, 0.5) is 0 Å². The third kappa shape index (κ3) is 3.46. The highest BCUT2D eigenvalue weighted by Gasteiger charge is 2.27. The maximum atomic E-state index is 11.8. The molecule has 0 fully saturated rings. The number of nitrogens with zero attached hydrogens (tertiary/aromatic N) is 1. The minimum atomic E-state index is -3.99. The Hall–Kier alpha value is -1.08. The molecule has 0 bridgehead atoms. The van der Waals surface area contributed by atoms with Crippen LogP contribution < -0.4 is 5.32 Å². The molecule has 0 atom stereocenters. The van der Waals surface area contributed by atoms with Crippen LogP contribution in [-0.2, 0) is 15.5 Å². The Morgan fingerprint density at radius 1 is 1.44 bits per heavy atom. The van der Waals surface area contributed by atoms with Crippen LogP contribution in [0.15, 0.2) is 4.90 Å². The Morgan fingerprint density at radius 2 is 2.11 bits per heavy atom. The van der Waals surface area contributed by atoms with E-state index in [1.165, 1.54) is 0 Å². The van der Waals surface area contributed by atoms with E-state index in [1.807, 2.05) is 6.92 Å². The van der Waals surface area contributed by atoms with Gasteiger partial charge in [-0.2, -0.15) is 5.10 Å². The average molecular weight is 294 g/mol. The van der Waals surface area contributed by atoms with Crippen LogP contribution in [0.2, 0.25) is 0 Å². The quantitative estimate of drug-likeness (QED) is 0.613. The van der Waals surface area contributed by atoms with E-state index in [9.17, 15) is 13.2 Å². The van der Waals surface area contributed by atoms with Crippen molar-refractivity contribution in [2.45, 2.75) is 38.0 Å². The number of carbonyl (C=O) groups excluding carboxylic acids is 1. The Morgan fingerprint density at radius 3 is 2.61 bits per heavy atom. The van der Waals surface area contributed by atoms with E-state index in [4.69, 9.17) is 10.7 Å². The maximum Gasteiger partial charge on any atom is 0.273 e. The van der Waals surface area contributed by atoms with Crippen LogP contribution in [-0.4, -0.2) is 31.1 Å². The van der Waals surface area contributed by atoms with Gasteiger partial charge in [-0.3, -0.25) is 9.89 Å². The van der Waals surface area contributed by atoms with E-state index in [1.54, 1.807) is 6.92 Å². The maximum absolute atomic E-state index is 11.8. The molecular weight excluding hydrogens is 278 g/mol. The van der Waals surface area contributed by atoms with Crippen LogP contribution in [0.25, 0.3) is 0 Å². The molecule has 1 heterocycles. The molecular formula is C10H16ClN3O3S. The number of aromatic nitrogens is 2. The van der Waals surface area contributed by atoms with E-state index >= 15 is 0 Å². The summed E-state index contributed by atoms with van der Waals surface area (Å²) < 4.78 is 22.9. The largest absolute Gasteiger partial charge is 0.351 e. The molecule has 0 unspecified atom stereocenters. The van der Waals surface area contributed by atoms with Gasteiger partial charge in [0.2, 0.25) is 0 Å². The Labute approximate surface area is 111 Å². The monoisotopic (exact) mass is 293 g/mol. The lowest BCUT2D eigenvalue weighted by molar-refractivity contribution is 0.0945. The number of halogens is 1. The van der Waals surface area contributed by atoms with Crippen LogP contribution in [0, 0.1) is 0 Å². The van der Waals surface area contributed by atoms with Gasteiger partial charge in [-0.1, -0.05) is 20.3 Å². The second kappa shape index (κ2) is 6.19. The molecule has 0 spiro atoms. The van der Waals surface area contributed by atoms with Gasteiger partial charge in [0.25, 0.3) is 15.0 Å². The number of nitrogens with one attached hydrogen (secondary N) is 2. The van der Waals surface area contributed by atoms with Crippen LogP contribution in [0.1, 0.15) is 42.9 Å². The number of aromatic amines is 1. The minimum Gasteiger partial charge on any atom is -0.351 e. The first-order valence-corrected chi connectivity index (χ1v) is 8.02. The predicted octanol–water partition coefficient (Wildman–Crippen LogP) is 1.43. The van der Waals surface area contributed by atoms with Crippen molar-refractivity contribution in [3.05, 3.63) is 11.4 Å². The van der Waals surface area contributed by atoms with E-state index in [-0.39, 0.29) is 10.6 Å². The van der Waals surface area contributed by atoms with Gasteiger partial charge in [0.1, 0.15) is 4.90 Å². The van der Waals surface area contributed by atoms with Gasteiger partial charge >= 0.3 is 0 Å². The molecule has 102 valence electrons. The summed E-state index contributed by atoms with van der Waals surface area (Å²) in [5.41, 5.74) is 0.170. The van der Waals surface area contributed by atoms with E-state index in [0.717, 1.165) is 12.8 Å². The Balaban J connectivity index is 3.03. The van der Waals surface area contributed by atoms with Crippen molar-refractivity contribution in [2.24, 2.45) is 0 Å². The van der Waals surface area contributed by atoms with E-state index in [0.29, 0.717) is 18.7 Å². The summed E-state index contributed by atoms with van der Waals surface area (Å²) in [6.45, 7) is 4.22. The number of carbonyl (C=O) groups is 1. The Kier molecular flexibility index (Phi) is 5.15. The molecule has 1 aromatic heterocycles. The number of rotatable bonds is 6. The number of hydrogen-bond donors (Lipinski definition) is 2. The SMILES string of the molecule is CCCCNC(=O)c1n[nH]c(CC)c1S(=O)(=O)Cl. The molecule has 0 aliphatic rings. The zero-order valence-corrected chi connectivity index (χ0v) is 11.9. The zero-order valence-electron chi connectivity index (χ0n) is 10.3. The second-order valence-electron chi connectivity index (χ2n) is 3.78. The van der Waals surface area contributed by atoms with Gasteiger partial charge in [-0.15, -0.1) is 0 Å². The molecule has 1 aromatic rings. The molecule has 2 N–H and O–H groups in total. The lowest BCUT2D eigenvalue weighted by atomic mass is 10.3. The highest BCUT2D eigenvalue weighted by Crippen LogP contribution is 2.22. The van der Waals surface area contributed by atoms with Crippen LogP contribution >= 0.6 is 10.7 Å². The smallest absolute Gasteiger partial charge is 0.273 e. The zero-order chi connectivity index (χ0) is 13.8. The fraction of sp³-hybridized carbons (Fsp3) is 0.600. The first-order chi connectivity index (χ1) is 8.41. The highest BCUT2D eigenvalue weighted by atomic mass is 35.7. The van der Waals surface area contributed by atoms with Crippen molar-refractivity contribution in [1.29, 1.82) is 0 Å². The first-order valence-electron chi connectivity index (χ1n) is 5.71. The van der Waals surface area contributed by atoms with Gasteiger partial charge in [0.15, 0.2) is 5.69 Å². The number of unbranched alkanes of at least 4 members (excludes halogenated alkanes) is 1. The number of H-pyrrole nitrogens is 1. The summed E-state index contributed by atoms with van der Waals surface area (Å²) in [5.74, 6) is -0.529. The van der Waals surface area contributed by atoms with Crippen LogP contribution in [0.5, 0.6) is 0 Å². The van der Waals surface area contributed by atoms with Crippen molar-refractivity contribution in [3.63, 3.8) is 0 Å². The molecule has 0 saturated heterocycles. The first kappa shape index (κ1) is 15.0. The van der Waals surface area contributed by atoms with Gasteiger partial charge in [0.05, 0.1) is 5.69 Å². The summed E-state index contributed by atoms with van der Waals surface area (Å²) in [5, 5.41) is 8.86. The lowest BCUT2D eigenvalue weighted by Gasteiger charge is -2.03. The Bertz CT molecular complexity index is 524. The van der Waals surface area contributed by atoms with Crippen molar-refractivity contribution in [3.8, 4) is 0 Å². The minimum absolute atomic E-state index is 0.169. The second-order valence-corrected chi connectivity index (χ2v) is 6.28. The molecule has 1 rings (SSSR count). The molecule has 0 aliphatic carbocycles. The molecule has 0 aliphatic heterocycles. The molecule has 6 nitrogen and oxygen atoms in total. The van der Waals surface area contributed by atoms with Crippen molar-refractivity contribution in [1.82, 2.24) is 15.5 Å². The number of aryl methyl sites for hydroxylation is 1. The van der Waals surface area contributed by atoms with Crippen molar-refractivity contribution >= 4 is 25.6 Å². The van der Waals surface area contributed by atoms with Gasteiger partial charge in [0, 0.05) is 17.2 Å². The third-order valence-electron chi connectivity index (χ3n) is 2.42. The standard InChI is InChI=1S/C10H16ClN3O3S/c1-3-5-6-12-10(15)8-9(18(11,16)17)7(4-2)13-14-8/h3-6H2,1-2H3,(H,12,15)(H,13,14). The summed E-state index contributed by atoms with van der Waals surface area (Å²) in [6.07, 6.45) is 2.15. The summed E-state index contributed by atoms with van der Waals surface area (Å²) in [7, 11) is 1.34. The normalized spacial score (nSPS) is 11.5. The van der Waals surface area contributed by atoms with Crippen LogP contribution in [0.3, 0.4) is 0 Å². The fourth-order valence-corrected chi connectivity index (χ4v) is 2.84. The summed E-state index contributed by atoms with van der Waals surface area (Å²) in [4.78, 5) is 11.6. The van der Waals surface area contributed by atoms with Gasteiger partial charge < -0.3 is 5.32 Å². The molecule has 8 heteroatoms. The van der Waals surface area contributed by atoms with Crippen molar-refractivity contribution < 1.29 is 13.2 Å². The predicted molar refractivity (Wildman–Crippen MR) is 68.2 cm³/mol. The molecule has 0 aromatic carbocycles. The van der Waals surface area contributed by atoms with E-state index in [2.05, 4.69) is 15.5 Å². The molecule has 0 saturated carbocycles. The number of hydrogen-bond acceptors (Lipinski definition) is 4. The lowest BCUT2D eigenvalue weighted by Crippen LogP contribution is -2.26. The fourth-order valence-electron chi connectivity index (χ4n) is 1.49. The number of amides is 1. The topological polar surface area (TPSA) is 91.9 Å². The molecule has 1 amide bonds. The third-order valence-corrected chi connectivity index (χ3v) is 3.81. The average Bonchev–Trinajstić information content (AvgIpc) is 2.72. The van der Waals surface area contributed by atoms with E-state index < -0.39 is 15.0 Å². The molecule has 0 radical (unpaired) electrons. The highest BCUT2D eigenvalue weighted by molar-refractivity contribution is 8.13. The summed E-state index contributed by atoms with van der Waals surface area (Å²) >= 11 is 0.